The van der Waals surface area contributed by atoms with E-state index in [1.807, 2.05) is 48.5 Å². The lowest BCUT2D eigenvalue weighted by atomic mass is 10.2. The summed E-state index contributed by atoms with van der Waals surface area (Å²) in [7, 11) is 0. The number of ether oxygens (including phenoxy) is 1. The van der Waals surface area contributed by atoms with Crippen LogP contribution in [0, 0.1) is 6.92 Å². The van der Waals surface area contributed by atoms with Gasteiger partial charge < -0.3 is 9.15 Å². The van der Waals surface area contributed by atoms with Crippen LogP contribution in [0.1, 0.15) is 16.3 Å². The van der Waals surface area contributed by atoms with Crippen LogP contribution in [0.5, 0.6) is 0 Å². The van der Waals surface area contributed by atoms with Crippen molar-refractivity contribution in [2.75, 3.05) is 11.5 Å². The van der Waals surface area contributed by atoms with Gasteiger partial charge in [0.15, 0.2) is 6.61 Å². The van der Waals surface area contributed by atoms with Gasteiger partial charge in [-0.05, 0) is 43.3 Å². The lowest BCUT2D eigenvalue weighted by Crippen LogP contribution is -2.32. The Morgan fingerprint density at radius 1 is 0.962 bits per heavy atom. The first kappa shape index (κ1) is 16.5. The van der Waals surface area contributed by atoms with Gasteiger partial charge in [0.25, 0.3) is 5.91 Å². The molecule has 0 N–H and O–H groups in total. The second kappa shape index (κ2) is 6.72. The summed E-state index contributed by atoms with van der Waals surface area (Å²) >= 11 is 1.61. The summed E-state index contributed by atoms with van der Waals surface area (Å²) in [6, 6.07) is 18.5. The standard InChI is InChI=1S/C20H15NO4S/c1-13-10-11-16(25-13)20(23)24-12-19(22)21-14-6-2-4-8-17(14)26-18-9-5-3-7-15(18)21/h2-11H,12H2,1H3. The Hall–Kier alpha value is -2.99. The van der Waals surface area contributed by atoms with Crippen LogP contribution in [-0.4, -0.2) is 18.5 Å². The van der Waals surface area contributed by atoms with Crippen molar-refractivity contribution >= 4 is 35.0 Å². The molecule has 0 fully saturated rings. The maximum Gasteiger partial charge on any atom is 0.374 e. The lowest BCUT2D eigenvalue weighted by Gasteiger charge is -2.30. The predicted molar refractivity (Wildman–Crippen MR) is 97.9 cm³/mol. The Kier molecular flexibility index (Phi) is 4.26. The van der Waals surface area contributed by atoms with Gasteiger partial charge in [-0.15, -0.1) is 0 Å². The van der Waals surface area contributed by atoms with Gasteiger partial charge in [-0.25, -0.2) is 4.79 Å². The fourth-order valence-corrected chi connectivity index (χ4v) is 3.84. The number of furan rings is 1. The third-order valence-corrected chi connectivity index (χ3v) is 5.08. The number of amides is 1. The van der Waals surface area contributed by atoms with Crippen molar-refractivity contribution in [2.24, 2.45) is 0 Å². The van der Waals surface area contributed by atoms with E-state index in [1.54, 1.807) is 29.7 Å². The fourth-order valence-electron chi connectivity index (χ4n) is 2.78. The molecule has 0 radical (unpaired) electrons. The highest BCUT2D eigenvalue weighted by molar-refractivity contribution is 7.99. The first-order valence-electron chi connectivity index (χ1n) is 8.06. The molecule has 2 aromatic carbocycles. The summed E-state index contributed by atoms with van der Waals surface area (Å²) < 4.78 is 10.4. The Morgan fingerprint density at radius 3 is 2.15 bits per heavy atom. The van der Waals surface area contributed by atoms with E-state index in [-0.39, 0.29) is 18.3 Å². The number of hydrogen-bond donors (Lipinski definition) is 0. The maximum atomic E-state index is 12.9. The van der Waals surface area contributed by atoms with Crippen molar-refractivity contribution in [2.45, 2.75) is 16.7 Å². The van der Waals surface area contributed by atoms with Gasteiger partial charge >= 0.3 is 5.97 Å². The van der Waals surface area contributed by atoms with E-state index in [1.165, 1.54) is 6.07 Å². The topological polar surface area (TPSA) is 59.8 Å². The number of benzene rings is 2. The molecule has 0 spiro atoms. The third kappa shape index (κ3) is 2.99. The molecule has 4 rings (SSSR count). The molecular formula is C20H15NO4S. The van der Waals surface area contributed by atoms with Crippen LogP contribution in [0.15, 0.2) is 74.9 Å². The second-order valence-electron chi connectivity index (χ2n) is 5.75. The highest BCUT2D eigenvalue weighted by atomic mass is 32.2. The fraction of sp³-hybridized carbons (Fsp3) is 0.100. The van der Waals surface area contributed by atoms with E-state index >= 15 is 0 Å². The summed E-state index contributed by atoms with van der Waals surface area (Å²) in [6.07, 6.45) is 0. The van der Waals surface area contributed by atoms with Gasteiger partial charge in [0.05, 0.1) is 11.4 Å². The summed E-state index contributed by atoms with van der Waals surface area (Å²) in [4.78, 5) is 28.5. The number of fused-ring (bicyclic) bond motifs is 2. The number of hydrogen-bond acceptors (Lipinski definition) is 5. The molecule has 1 aliphatic heterocycles. The first-order chi connectivity index (χ1) is 12.6. The zero-order valence-corrected chi connectivity index (χ0v) is 14.8. The average molecular weight is 365 g/mol. The number of aryl methyl sites for hydroxylation is 1. The normalized spacial score (nSPS) is 12.3. The van der Waals surface area contributed by atoms with Crippen LogP contribution in [0.2, 0.25) is 0 Å². The molecule has 1 amide bonds. The van der Waals surface area contributed by atoms with Gasteiger partial charge in [0.2, 0.25) is 5.76 Å². The number of esters is 1. The summed E-state index contributed by atoms with van der Waals surface area (Å²) in [5.74, 6) is -0.272. The third-order valence-electron chi connectivity index (χ3n) is 3.95. The van der Waals surface area contributed by atoms with Crippen molar-refractivity contribution in [3.8, 4) is 0 Å². The second-order valence-corrected chi connectivity index (χ2v) is 6.84. The molecule has 1 aromatic heterocycles. The molecule has 6 heteroatoms. The zero-order chi connectivity index (χ0) is 18.1. The molecular weight excluding hydrogens is 350 g/mol. The van der Waals surface area contributed by atoms with Crippen LogP contribution in [0.4, 0.5) is 11.4 Å². The molecule has 130 valence electrons. The molecule has 0 bridgehead atoms. The Labute approximate surface area is 154 Å². The van der Waals surface area contributed by atoms with Crippen LogP contribution in [0.3, 0.4) is 0 Å². The van der Waals surface area contributed by atoms with Gasteiger partial charge in [0, 0.05) is 9.79 Å². The number of carbonyl (C=O) groups is 2. The van der Waals surface area contributed by atoms with E-state index in [0.717, 1.165) is 21.2 Å². The molecule has 2 heterocycles. The van der Waals surface area contributed by atoms with Crippen molar-refractivity contribution < 1.29 is 18.7 Å². The highest BCUT2D eigenvalue weighted by Gasteiger charge is 2.28. The molecule has 0 atom stereocenters. The van der Waals surface area contributed by atoms with E-state index < -0.39 is 5.97 Å². The summed E-state index contributed by atoms with van der Waals surface area (Å²) in [5.41, 5.74) is 1.57. The minimum absolute atomic E-state index is 0.0882. The maximum absolute atomic E-state index is 12.9. The molecule has 1 aliphatic rings. The van der Waals surface area contributed by atoms with Crippen molar-refractivity contribution in [3.05, 3.63) is 72.2 Å². The largest absolute Gasteiger partial charge is 0.454 e. The lowest BCUT2D eigenvalue weighted by molar-refractivity contribution is -0.121. The van der Waals surface area contributed by atoms with Gasteiger partial charge in [-0.1, -0.05) is 36.0 Å². The molecule has 3 aromatic rings. The van der Waals surface area contributed by atoms with E-state index in [2.05, 4.69) is 0 Å². The number of para-hydroxylation sites is 2. The van der Waals surface area contributed by atoms with Crippen molar-refractivity contribution in [1.82, 2.24) is 0 Å². The quantitative estimate of drug-likeness (QED) is 0.636. The smallest absolute Gasteiger partial charge is 0.374 e. The molecule has 0 aliphatic carbocycles. The van der Waals surface area contributed by atoms with Gasteiger partial charge in [-0.2, -0.15) is 0 Å². The summed E-state index contributed by atoms with van der Waals surface area (Å²) in [6.45, 7) is 1.37. The average Bonchev–Trinajstić information content (AvgIpc) is 3.10. The molecule has 0 saturated heterocycles. The van der Waals surface area contributed by atoms with E-state index in [0.29, 0.717) is 5.76 Å². The summed E-state index contributed by atoms with van der Waals surface area (Å²) in [5, 5.41) is 0. The SMILES string of the molecule is Cc1ccc(C(=O)OCC(=O)N2c3ccccc3Sc3ccccc32)o1. The number of rotatable bonds is 3. The minimum Gasteiger partial charge on any atom is -0.454 e. The van der Waals surface area contributed by atoms with Gasteiger partial charge in [-0.3, -0.25) is 9.69 Å². The molecule has 5 nitrogen and oxygen atoms in total. The Balaban J connectivity index is 1.58. The van der Waals surface area contributed by atoms with Crippen molar-refractivity contribution in [3.63, 3.8) is 0 Å². The molecule has 26 heavy (non-hydrogen) atoms. The van der Waals surface area contributed by atoms with Gasteiger partial charge in [0.1, 0.15) is 5.76 Å². The minimum atomic E-state index is -0.653. The van der Waals surface area contributed by atoms with Crippen molar-refractivity contribution in [1.29, 1.82) is 0 Å². The Bertz CT molecular complexity index is 949. The van der Waals surface area contributed by atoms with Crippen LogP contribution < -0.4 is 4.90 Å². The van der Waals surface area contributed by atoms with E-state index in [9.17, 15) is 9.59 Å². The molecule has 0 unspecified atom stereocenters. The number of carbonyl (C=O) groups excluding carboxylic acids is 2. The Morgan fingerprint density at radius 2 is 1.58 bits per heavy atom. The van der Waals surface area contributed by atoms with E-state index in [4.69, 9.17) is 9.15 Å². The monoisotopic (exact) mass is 365 g/mol. The predicted octanol–water partition coefficient (Wildman–Crippen LogP) is 4.57. The van der Waals surface area contributed by atoms with Crippen LogP contribution in [-0.2, 0) is 9.53 Å². The zero-order valence-electron chi connectivity index (χ0n) is 14.0. The van der Waals surface area contributed by atoms with Crippen LogP contribution >= 0.6 is 11.8 Å². The molecule has 0 saturated carbocycles. The van der Waals surface area contributed by atoms with Crippen LogP contribution in [0.25, 0.3) is 0 Å². The first-order valence-corrected chi connectivity index (χ1v) is 8.87. The highest BCUT2D eigenvalue weighted by Crippen LogP contribution is 2.47. The number of nitrogens with zero attached hydrogens (tertiary/aromatic N) is 1. The number of anilines is 2.